The minimum atomic E-state index is -0.214. The van der Waals surface area contributed by atoms with Gasteiger partial charge in [-0.25, -0.2) is 0 Å². The van der Waals surface area contributed by atoms with E-state index in [1.807, 2.05) is 0 Å². The Morgan fingerprint density at radius 1 is 0.897 bits per heavy atom. The first kappa shape index (κ1) is 21.7. The molecule has 2 aromatic carbocycles. The van der Waals surface area contributed by atoms with Crippen LogP contribution in [-0.2, 0) is 13.1 Å². The predicted molar refractivity (Wildman–Crippen MR) is 119 cm³/mol. The quantitative estimate of drug-likeness (QED) is 0.430. The summed E-state index contributed by atoms with van der Waals surface area (Å²) in [4.78, 5) is 16.6. The van der Waals surface area contributed by atoms with E-state index in [-0.39, 0.29) is 30.8 Å². The van der Waals surface area contributed by atoms with E-state index in [4.69, 9.17) is 46.4 Å². The van der Waals surface area contributed by atoms with Gasteiger partial charge in [0.1, 0.15) is 0 Å². The van der Waals surface area contributed by atoms with Crippen molar-refractivity contribution in [2.24, 2.45) is 0 Å². The average Bonchev–Trinajstić information content (AvgIpc) is 3.09. The molecule has 0 fully saturated rings. The predicted octanol–water partition coefficient (Wildman–Crippen LogP) is 6.17. The van der Waals surface area contributed by atoms with Crippen molar-refractivity contribution in [1.29, 1.82) is 0 Å². The molecular formula is C19H17Cl4N5O. The third-order valence-electron chi connectivity index (χ3n) is 4.12. The van der Waals surface area contributed by atoms with E-state index < -0.39 is 0 Å². The van der Waals surface area contributed by atoms with Gasteiger partial charge in [0, 0.05) is 50.7 Å². The summed E-state index contributed by atoms with van der Waals surface area (Å²) in [5, 5.41) is 12.5. The summed E-state index contributed by atoms with van der Waals surface area (Å²) in [5.41, 5.74) is 1.41. The standard InChI is InChI=1S/C19H17Cl4N5O/c1-2-17(29)28-19(25-10-12-15(22)7-4-8-16(12)23)26-18(27-28)24-9-11-13(20)5-3-6-14(11)21/h3-8H,2,9-10H2,1H3,(H2,24,25,26,27). The smallest absolute Gasteiger partial charge is 0.249 e. The van der Waals surface area contributed by atoms with Gasteiger partial charge in [0.2, 0.25) is 17.8 Å². The maximum absolute atomic E-state index is 12.3. The minimum absolute atomic E-state index is 0.214. The monoisotopic (exact) mass is 471 g/mol. The zero-order valence-electron chi connectivity index (χ0n) is 15.3. The zero-order valence-corrected chi connectivity index (χ0v) is 18.4. The zero-order chi connectivity index (χ0) is 21.0. The summed E-state index contributed by atoms with van der Waals surface area (Å²) < 4.78 is 1.21. The van der Waals surface area contributed by atoms with Crippen LogP contribution in [0.25, 0.3) is 0 Å². The van der Waals surface area contributed by atoms with Crippen molar-refractivity contribution in [2.75, 3.05) is 10.6 Å². The number of hydrogen-bond acceptors (Lipinski definition) is 5. The molecule has 0 saturated heterocycles. The molecule has 0 bridgehead atoms. The van der Waals surface area contributed by atoms with Crippen molar-refractivity contribution in [3.05, 3.63) is 67.6 Å². The minimum Gasteiger partial charge on any atom is -0.350 e. The summed E-state index contributed by atoms with van der Waals surface area (Å²) in [6.45, 7) is 2.33. The molecule has 0 amide bonds. The number of nitrogens with one attached hydrogen (secondary N) is 2. The molecule has 3 aromatic rings. The molecule has 29 heavy (non-hydrogen) atoms. The first-order chi connectivity index (χ1) is 13.9. The number of benzene rings is 2. The van der Waals surface area contributed by atoms with Crippen LogP contribution in [-0.4, -0.2) is 20.7 Å². The third kappa shape index (κ3) is 5.14. The van der Waals surface area contributed by atoms with Gasteiger partial charge in [-0.05, 0) is 24.3 Å². The molecule has 1 heterocycles. The topological polar surface area (TPSA) is 71.8 Å². The number of nitrogens with zero attached hydrogens (tertiary/aromatic N) is 3. The SMILES string of the molecule is CCC(=O)n1nc(NCc2c(Cl)cccc2Cl)nc1NCc1c(Cl)cccc1Cl. The summed E-state index contributed by atoms with van der Waals surface area (Å²) >= 11 is 24.8. The van der Waals surface area contributed by atoms with Gasteiger partial charge in [-0.15, -0.1) is 5.10 Å². The van der Waals surface area contributed by atoms with Gasteiger partial charge < -0.3 is 10.6 Å². The molecule has 0 radical (unpaired) electrons. The van der Waals surface area contributed by atoms with Crippen LogP contribution in [0.1, 0.15) is 29.3 Å². The second-order valence-electron chi connectivity index (χ2n) is 6.03. The molecule has 10 heteroatoms. The summed E-state index contributed by atoms with van der Waals surface area (Å²) in [5.74, 6) is 0.324. The molecule has 6 nitrogen and oxygen atoms in total. The van der Waals surface area contributed by atoms with Crippen molar-refractivity contribution >= 4 is 64.2 Å². The molecule has 2 N–H and O–H groups in total. The van der Waals surface area contributed by atoms with Crippen LogP contribution in [0.3, 0.4) is 0 Å². The molecule has 0 saturated carbocycles. The molecule has 0 aliphatic rings. The summed E-state index contributed by atoms with van der Waals surface area (Å²) in [6, 6.07) is 10.5. The Labute approximate surface area is 188 Å². The number of carbonyl (C=O) groups excluding carboxylic acids is 1. The number of carbonyl (C=O) groups is 1. The maximum Gasteiger partial charge on any atom is 0.249 e. The van der Waals surface area contributed by atoms with Gasteiger partial charge in [-0.2, -0.15) is 9.67 Å². The Hall–Kier alpha value is -1.99. The molecular weight excluding hydrogens is 456 g/mol. The van der Waals surface area contributed by atoms with E-state index in [2.05, 4.69) is 20.7 Å². The summed E-state index contributed by atoms with van der Waals surface area (Å²) in [7, 11) is 0. The molecule has 1 aromatic heterocycles. The largest absolute Gasteiger partial charge is 0.350 e. The lowest BCUT2D eigenvalue weighted by molar-refractivity contribution is 0.0895. The van der Waals surface area contributed by atoms with E-state index in [0.29, 0.717) is 37.8 Å². The Bertz CT molecular complexity index is 997. The third-order valence-corrected chi connectivity index (χ3v) is 5.53. The fourth-order valence-corrected chi connectivity index (χ4v) is 3.62. The summed E-state index contributed by atoms with van der Waals surface area (Å²) in [6.07, 6.45) is 0.265. The number of halogens is 4. The average molecular weight is 473 g/mol. The first-order valence-electron chi connectivity index (χ1n) is 8.74. The number of anilines is 2. The lowest BCUT2D eigenvalue weighted by Crippen LogP contribution is -2.16. The Morgan fingerprint density at radius 3 is 1.86 bits per heavy atom. The Morgan fingerprint density at radius 2 is 1.38 bits per heavy atom. The van der Waals surface area contributed by atoms with Crippen molar-refractivity contribution in [2.45, 2.75) is 26.4 Å². The van der Waals surface area contributed by atoms with Crippen LogP contribution in [0.5, 0.6) is 0 Å². The highest BCUT2D eigenvalue weighted by Crippen LogP contribution is 2.26. The van der Waals surface area contributed by atoms with Crippen LogP contribution in [0.15, 0.2) is 36.4 Å². The van der Waals surface area contributed by atoms with Crippen LogP contribution < -0.4 is 10.6 Å². The fourth-order valence-electron chi connectivity index (χ4n) is 2.56. The lowest BCUT2D eigenvalue weighted by atomic mass is 10.2. The van der Waals surface area contributed by atoms with E-state index >= 15 is 0 Å². The van der Waals surface area contributed by atoms with Gasteiger partial charge in [0.15, 0.2) is 0 Å². The normalized spacial score (nSPS) is 10.8. The highest BCUT2D eigenvalue weighted by atomic mass is 35.5. The molecule has 3 rings (SSSR count). The first-order valence-corrected chi connectivity index (χ1v) is 10.3. The number of hydrogen-bond donors (Lipinski definition) is 2. The Kier molecular flexibility index (Phi) is 7.24. The molecule has 0 aliphatic carbocycles. The van der Waals surface area contributed by atoms with Gasteiger partial charge in [0.25, 0.3) is 0 Å². The van der Waals surface area contributed by atoms with Crippen LogP contribution in [0.4, 0.5) is 11.9 Å². The van der Waals surface area contributed by atoms with E-state index in [1.54, 1.807) is 43.3 Å². The molecule has 0 spiro atoms. The van der Waals surface area contributed by atoms with E-state index in [9.17, 15) is 4.79 Å². The Balaban J connectivity index is 1.80. The van der Waals surface area contributed by atoms with E-state index in [0.717, 1.165) is 0 Å². The van der Waals surface area contributed by atoms with Crippen molar-refractivity contribution in [3.8, 4) is 0 Å². The lowest BCUT2D eigenvalue weighted by Gasteiger charge is -2.09. The van der Waals surface area contributed by atoms with Crippen molar-refractivity contribution in [1.82, 2.24) is 14.8 Å². The van der Waals surface area contributed by atoms with Gasteiger partial charge in [-0.3, -0.25) is 4.79 Å². The number of rotatable bonds is 7. The van der Waals surface area contributed by atoms with Gasteiger partial charge in [-0.1, -0.05) is 65.5 Å². The fraction of sp³-hybridized carbons (Fsp3) is 0.211. The molecule has 152 valence electrons. The molecule has 0 atom stereocenters. The van der Waals surface area contributed by atoms with Gasteiger partial charge in [0.05, 0.1) is 0 Å². The van der Waals surface area contributed by atoms with Crippen LogP contribution in [0, 0.1) is 0 Å². The highest BCUT2D eigenvalue weighted by Gasteiger charge is 2.16. The maximum atomic E-state index is 12.3. The van der Waals surface area contributed by atoms with E-state index in [1.165, 1.54) is 4.68 Å². The molecule has 0 aliphatic heterocycles. The van der Waals surface area contributed by atoms with Crippen LogP contribution >= 0.6 is 46.4 Å². The van der Waals surface area contributed by atoms with Crippen molar-refractivity contribution < 1.29 is 4.79 Å². The van der Waals surface area contributed by atoms with Crippen LogP contribution in [0.2, 0.25) is 20.1 Å². The molecule has 0 unspecified atom stereocenters. The second kappa shape index (κ2) is 9.67. The van der Waals surface area contributed by atoms with Crippen molar-refractivity contribution in [3.63, 3.8) is 0 Å². The van der Waals surface area contributed by atoms with Gasteiger partial charge >= 0.3 is 0 Å². The number of aromatic nitrogens is 3. The highest BCUT2D eigenvalue weighted by molar-refractivity contribution is 6.36. The second-order valence-corrected chi connectivity index (χ2v) is 7.65.